The van der Waals surface area contributed by atoms with Gasteiger partial charge in [0.25, 0.3) is 5.56 Å². The molecule has 8 heteroatoms. The first kappa shape index (κ1) is 15.6. The highest BCUT2D eigenvalue weighted by Crippen LogP contribution is 2.19. The number of hydrogen-bond donors (Lipinski definition) is 1. The summed E-state index contributed by atoms with van der Waals surface area (Å²) in [6.45, 7) is 5.70. The van der Waals surface area contributed by atoms with Crippen LogP contribution in [0.2, 0.25) is 0 Å². The maximum absolute atomic E-state index is 12.8. The van der Waals surface area contributed by atoms with Crippen LogP contribution in [-0.4, -0.2) is 33.7 Å². The molecule has 0 bridgehead atoms. The molecular formula is C17H21N7O. The van der Waals surface area contributed by atoms with Crippen LogP contribution in [0.3, 0.4) is 0 Å². The van der Waals surface area contributed by atoms with Gasteiger partial charge in [0.1, 0.15) is 5.82 Å². The van der Waals surface area contributed by atoms with Gasteiger partial charge in [-0.05, 0) is 12.8 Å². The molecule has 0 saturated heterocycles. The highest BCUT2D eigenvalue weighted by Gasteiger charge is 2.16. The number of unbranched alkanes of at least 4 members (excludes halogenated alkanes) is 1. The molecule has 0 saturated carbocycles. The van der Waals surface area contributed by atoms with E-state index < -0.39 is 0 Å². The molecule has 1 N–H and O–H groups in total. The lowest BCUT2D eigenvalue weighted by Gasteiger charge is -2.05. The van der Waals surface area contributed by atoms with Gasteiger partial charge in [-0.3, -0.25) is 18.4 Å². The molecule has 0 unspecified atom stereocenters. The van der Waals surface area contributed by atoms with E-state index in [-0.39, 0.29) is 5.56 Å². The fourth-order valence-electron chi connectivity index (χ4n) is 3.06. The quantitative estimate of drug-likeness (QED) is 0.584. The largest absolute Gasteiger partial charge is 0.332 e. The fourth-order valence-corrected chi connectivity index (χ4v) is 3.06. The van der Waals surface area contributed by atoms with Crippen LogP contribution in [0.4, 0.5) is 0 Å². The third kappa shape index (κ3) is 2.54. The Morgan fingerprint density at radius 1 is 1.20 bits per heavy atom. The molecule has 0 fully saturated rings. The number of aryl methyl sites for hydroxylation is 2. The number of H-pyrrole nitrogens is 1. The fraction of sp³-hybridized carbons (Fsp3) is 0.412. The summed E-state index contributed by atoms with van der Waals surface area (Å²) in [5, 5.41) is 4.38. The van der Waals surface area contributed by atoms with E-state index in [9.17, 15) is 4.79 Å². The highest BCUT2D eigenvalue weighted by atomic mass is 16.1. The number of fused-ring (bicyclic) bond motifs is 3. The molecule has 130 valence electrons. The van der Waals surface area contributed by atoms with Crippen LogP contribution in [0.5, 0.6) is 0 Å². The second kappa shape index (κ2) is 6.19. The van der Waals surface area contributed by atoms with Gasteiger partial charge >= 0.3 is 0 Å². The van der Waals surface area contributed by atoms with Crippen molar-refractivity contribution in [1.82, 2.24) is 33.7 Å². The van der Waals surface area contributed by atoms with Crippen molar-refractivity contribution in [3.05, 3.63) is 35.1 Å². The number of nitrogens with one attached hydrogen (secondary N) is 1. The van der Waals surface area contributed by atoms with Crippen LogP contribution in [0.15, 0.2) is 29.6 Å². The van der Waals surface area contributed by atoms with Gasteiger partial charge in [0.15, 0.2) is 11.2 Å². The lowest BCUT2D eigenvalue weighted by molar-refractivity contribution is 0.572. The van der Waals surface area contributed by atoms with E-state index >= 15 is 0 Å². The standard InChI is InChI=1S/C17H21N7O/c1-3-5-8-22-11-12(10-19-22)14-20-13-15(21-14)23-9-6-18-17(23)24(7-4-2)16(13)25/h6,9-11H,3-5,7-8H2,1-2H3,(H,20,21). The predicted octanol–water partition coefficient (Wildman–Crippen LogP) is 2.45. The minimum Gasteiger partial charge on any atom is -0.332 e. The van der Waals surface area contributed by atoms with Gasteiger partial charge < -0.3 is 4.98 Å². The number of rotatable bonds is 6. The first-order chi connectivity index (χ1) is 12.2. The van der Waals surface area contributed by atoms with Gasteiger partial charge in [0.05, 0.1) is 11.8 Å². The average molecular weight is 339 g/mol. The molecule has 8 nitrogen and oxygen atoms in total. The Balaban J connectivity index is 1.86. The molecule has 4 heterocycles. The van der Waals surface area contributed by atoms with Crippen LogP contribution < -0.4 is 5.56 Å². The topological polar surface area (TPSA) is 85.8 Å². The molecule has 0 aliphatic rings. The Labute approximate surface area is 144 Å². The maximum Gasteiger partial charge on any atom is 0.280 e. The van der Waals surface area contributed by atoms with Crippen molar-refractivity contribution in [2.24, 2.45) is 0 Å². The molecule has 4 rings (SSSR count). The Bertz CT molecular complexity index is 1080. The minimum absolute atomic E-state index is 0.0901. The average Bonchev–Trinajstić information content (AvgIpc) is 3.34. The Morgan fingerprint density at radius 3 is 2.88 bits per heavy atom. The van der Waals surface area contributed by atoms with Crippen molar-refractivity contribution in [1.29, 1.82) is 0 Å². The van der Waals surface area contributed by atoms with Crippen LogP contribution in [0.25, 0.3) is 28.3 Å². The number of aromatic amines is 1. The van der Waals surface area contributed by atoms with Gasteiger partial charge in [-0.2, -0.15) is 5.10 Å². The zero-order valence-electron chi connectivity index (χ0n) is 14.4. The van der Waals surface area contributed by atoms with Gasteiger partial charge in [-0.15, -0.1) is 0 Å². The molecule has 4 aromatic rings. The molecule has 0 aliphatic carbocycles. The van der Waals surface area contributed by atoms with Crippen molar-refractivity contribution in [3.63, 3.8) is 0 Å². The van der Waals surface area contributed by atoms with E-state index in [1.807, 2.05) is 28.4 Å². The number of imidazole rings is 2. The maximum atomic E-state index is 12.8. The van der Waals surface area contributed by atoms with Gasteiger partial charge in [-0.25, -0.2) is 9.97 Å². The number of nitrogens with zero attached hydrogens (tertiary/aromatic N) is 6. The third-order valence-corrected chi connectivity index (χ3v) is 4.33. The summed E-state index contributed by atoms with van der Waals surface area (Å²) in [6, 6.07) is 0. The SMILES string of the molecule is CCCCn1cc(-c2nc3c([nH]2)c(=O)n(CCC)c2nccn32)cn1. The van der Waals surface area contributed by atoms with Crippen molar-refractivity contribution in [2.75, 3.05) is 0 Å². The number of aromatic nitrogens is 7. The lowest BCUT2D eigenvalue weighted by Crippen LogP contribution is -2.23. The summed E-state index contributed by atoms with van der Waals surface area (Å²) < 4.78 is 5.46. The lowest BCUT2D eigenvalue weighted by atomic mass is 10.3. The summed E-state index contributed by atoms with van der Waals surface area (Å²) in [7, 11) is 0. The minimum atomic E-state index is -0.0901. The van der Waals surface area contributed by atoms with Crippen molar-refractivity contribution in [3.8, 4) is 11.4 Å². The highest BCUT2D eigenvalue weighted by molar-refractivity contribution is 5.77. The smallest absolute Gasteiger partial charge is 0.280 e. The van der Waals surface area contributed by atoms with E-state index in [0.717, 1.165) is 31.4 Å². The number of hydrogen-bond acceptors (Lipinski definition) is 4. The first-order valence-electron chi connectivity index (χ1n) is 8.71. The van der Waals surface area contributed by atoms with Crippen molar-refractivity contribution in [2.45, 2.75) is 46.2 Å². The molecule has 0 aromatic carbocycles. The van der Waals surface area contributed by atoms with Crippen LogP contribution in [0.1, 0.15) is 33.1 Å². The Kier molecular flexibility index (Phi) is 3.87. The summed E-state index contributed by atoms with van der Waals surface area (Å²) in [5.41, 5.74) is 1.88. The summed E-state index contributed by atoms with van der Waals surface area (Å²) in [5.74, 6) is 1.27. The van der Waals surface area contributed by atoms with Crippen LogP contribution in [0, 0.1) is 0 Å². The molecule has 0 spiro atoms. The zero-order valence-corrected chi connectivity index (χ0v) is 14.4. The van der Waals surface area contributed by atoms with Gasteiger partial charge in [0, 0.05) is 31.7 Å². The van der Waals surface area contributed by atoms with Crippen molar-refractivity contribution < 1.29 is 0 Å². The van der Waals surface area contributed by atoms with E-state index in [0.29, 0.717) is 29.3 Å². The summed E-state index contributed by atoms with van der Waals surface area (Å²) in [4.78, 5) is 25.0. The van der Waals surface area contributed by atoms with E-state index in [2.05, 4.69) is 27.0 Å². The van der Waals surface area contributed by atoms with Crippen molar-refractivity contribution >= 4 is 16.9 Å². The molecule has 0 atom stereocenters. The molecule has 25 heavy (non-hydrogen) atoms. The second-order valence-electron chi connectivity index (χ2n) is 6.18. The monoisotopic (exact) mass is 339 g/mol. The molecule has 4 aromatic heterocycles. The van der Waals surface area contributed by atoms with Gasteiger partial charge in [-0.1, -0.05) is 20.3 Å². The van der Waals surface area contributed by atoms with Gasteiger partial charge in [0.2, 0.25) is 5.78 Å². The Hall–Kier alpha value is -2.90. The Morgan fingerprint density at radius 2 is 2.08 bits per heavy atom. The molecule has 0 amide bonds. The third-order valence-electron chi connectivity index (χ3n) is 4.33. The van der Waals surface area contributed by atoms with E-state index in [1.54, 1.807) is 17.0 Å². The predicted molar refractivity (Wildman–Crippen MR) is 95.5 cm³/mol. The second-order valence-corrected chi connectivity index (χ2v) is 6.18. The van der Waals surface area contributed by atoms with Crippen LogP contribution >= 0.6 is 0 Å². The zero-order chi connectivity index (χ0) is 17.4. The normalized spacial score (nSPS) is 11.8. The first-order valence-corrected chi connectivity index (χ1v) is 8.71. The molecule has 0 aliphatic heterocycles. The molecular weight excluding hydrogens is 318 g/mol. The van der Waals surface area contributed by atoms with Crippen LogP contribution in [-0.2, 0) is 13.1 Å². The molecule has 0 radical (unpaired) electrons. The summed E-state index contributed by atoms with van der Waals surface area (Å²) in [6.07, 6.45) is 10.3. The van der Waals surface area contributed by atoms with E-state index in [4.69, 9.17) is 0 Å². The summed E-state index contributed by atoms with van der Waals surface area (Å²) >= 11 is 0. The van der Waals surface area contributed by atoms with E-state index in [1.165, 1.54) is 0 Å².